The first-order valence-electron chi connectivity index (χ1n) is 13.1. The third kappa shape index (κ3) is 6.56. The Labute approximate surface area is 209 Å². The molecule has 1 saturated carbocycles. The minimum atomic E-state index is -0.783. The Hall–Kier alpha value is -3.02. The molecule has 2 aliphatic rings. The Morgan fingerprint density at radius 1 is 1.11 bits per heavy atom. The van der Waals surface area contributed by atoms with Crippen molar-refractivity contribution in [3.8, 4) is 0 Å². The smallest absolute Gasteiger partial charge is 0.303 e. The molecule has 2 aromatic carbocycles. The first-order chi connectivity index (χ1) is 16.9. The predicted octanol–water partition coefficient (Wildman–Crippen LogP) is 6.60. The highest BCUT2D eigenvalue weighted by Gasteiger charge is 2.27. The van der Waals surface area contributed by atoms with Gasteiger partial charge >= 0.3 is 5.97 Å². The summed E-state index contributed by atoms with van der Waals surface area (Å²) in [6, 6.07) is 17.6. The standard InChI is InChI=1S/C29H39N3O3/c1-20(2)18-32(24-12-8-5-9-13-24)27-15-14-23(21(3)16-28(33)34)17-25(27)30-29-31-26(19-35-29)22-10-6-4-7-11-22/h4,6-7,10-11,14-15,17,20-21,24,26H,5,8-9,12-13,16,18-19H2,1-3H3,(H,30,31)(H,33,34). The van der Waals surface area contributed by atoms with Crippen LogP contribution in [0.2, 0.25) is 0 Å². The van der Waals surface area contributed by atoms with E-state index in [0.29, 0.717) is 24.6 Å². The van der Waals surface area contributed by atoms with Crippen LogP contribution < -0.4 is 10.2 Å². The highest BCUT2D eigenvalue weighted by molar-refractivity contribution is 5.94. The van der Waals surface area contributed by atoms with Crippen LogP contribution in [-0.4, -0.2) is 36.3 Å². The van der Waals surface area contributed by atoms with Gasteiger partial charge in [-0.05, 0) is 47.9 Å². The minimum absolute atomic E-state index is 0.0265. The summed E-state index contributed by atoms with van der Waals surface area (Å²) in [7, 11) is 0. The third-order valence-corrected chi connectivity index (χ3v) is 7.03. The summed E-state index contributed by atoms with van der Waals surface area (Å²) in [6.07, 6.45) is 6.36. The summed E-state index contributed by atoms with van der Waals surface area (Å²) in [4.78, 5) is 18.7. The number of hydrogen-bond donors (Lipinski definition) is 2. The lowest BCUT2D eigenvalue weighted by atomic mass is 9.92. The highest BCUT2D eigenvalue weighted by atomic mass is 16.5. The number of aliphatic carboxylic acids is 1. The van der Waals surface area contributed by atoms with E-state index >= 15 is 0 Å². The van der Waals surface area contributed by atoms with Gasteiger partial charge in [-0.25, -0.2) is 4.99 Å². The zero-order valence-corrected chi connectivity index (χ0v) is 21.2. The first kappa shape index (κ1) is 25.1. The molecule has 1 heterocycles. The fraction of sp³-hybridized carbons (Fsp3) is 0.517. The first-order valence-corrected chi connectivity index (χ1v) is 13.1. The van der Waals surface area contributed by atoms with Crippen LogP contribution in [0.5, 0.6) is 0 Å². The number of carboxylic acids is 1. The van der Waals surface area contributed by atoms with E-state index in [4.69, 9.17) is 9.73 Å². The zero-order chi connectivity index (χ0) is 24.8. The number of benzene rings is 2. The highest BCUT2D eigenvalue weighted by Crippen LogP contribution is 2.36. The molecule has 2 atom stereocenters. The summed E-state index contributed by atoms with van der Waals surface area (Å²) >= 11 is 0. The van der Waals surface area contributed by atoms with E-state index in [9.17, 15) is 9.90 Å². The van der Waals surface area contributed by atoms with Crippen molar-refractivity contribution in [2.45, 2.75) is 77.3 Å². The van der Waals surface area contributed by atoms with E-state index < -0.39 is 5.97 Å². The van der Waals surface area contributed by atoms with Gasteiger partial charge in [0.1, 0.15) is 12.6 Å². The largest absolute Gasteiger partial charge is 0.481 e. The summed E-state index contributed by atoms with van der Waals surface area (Å²) in [5.41, 5.74) is 4.23. The Morgan fingerprint density at radius 3 is 2.54 bits per heavy atom. The molecule has 0 amide bonds. The topological polar surface area (TPSA) is 74.2 Å². The number of rotatable bonds is 9. The quantitative estimate of drug-likeness (QED) is 0.426. The van der Waals surface area contributed by atoms with Gasteiger partial charge < -0.3 is 20.1 Å². The molecule has 2 N–H and O–H groups in total. The zero-order valence-electron chi connectivity index (χ0n) is 21.2. The van der Waals surface area contributed by atoms with Gasteiger partial charge in [0, 0.05) is 12.6 Å². The number of nitrogens with zero attached hydrogens (tertiary/aromatic N) is 2. The lowest BCUT2D eigenvalue weighted by molar-refractivity contribution is -0.137. The number of aliphatic imine (C=N–C) groups is 1. The normalized spacial score (nSPS) is 19.2. The monoisotopic (exact) mass is 477 g/mol. The number of nitrogens with one attached hydrogen (secondary N) is 1. The summed E-state index contributed by atoms with van der Waals surface area (Å²) in [5.74, 6) is -0.342. The van der Waals surface area contributed by atoms with Crippen molar-refractivity contribution in [2.75, 3.05) is 23.4 Å². The number of carboxylic acid groups (broad SMARTS) is 1. The molecule has 1 aliphatic carbocycles. The molecule has 0 radical (unpaired) electrons. The molecule has 35 heavy (non-hydrogen) atoms. The van der Waals surface area contributed by atoms with Crippen molar-refractivity contribution in [3.63, 3.8) is 0 Å². The maximum absolute atomic E-state index is 11.4. The molecule has 188 valence electrons. The van der Waals surface area contributed by atoms with Crippen LogP contribution in [0, 0.1) is 5.92 Å². The maximum atomic E-state index is 11.4. The number of carbonyl (C=O) groups is 1. The molecule has 6 heteroatoms. The molecule has 0 bridgehead atoms. The number of amidine groups is 1. The van der Waals surface area contributed by atoms with Gasteiger partial charge in [0.05, 0.1) is 17.8 Å². The number of hydrogen-bond acceptors (Lipinski definition) is 5. The molecule has 2 aromatic rings. The van der Waals surface area contributed by atoms with E-state index in [-0.39, 0.29) is 18.4 Å². The van der Waals surface area contributed by atoms with Crippen molar-refractivity contribution in [2.24, 2.45) is 10.9 Å². The molecular weight excluding hydrogens is 438 g/mol. The lowest BCUT2D eigenvalue weighted by Crippen LogP contribution is -2.40. The Morgan fingerprint density at radius 2 is 1.86 bits per heavy atom. The Bertz CT molecular complexity index is 1020. The summed E-state index contributed by atoms with van der Waals surface area (Å²) in [6.45, 7) is 7.98. The summed E-state index contributed by atoms with van der Waals surface area (Å²) in [5, 5.41) is 12.8. The number of anilines is 2. The van der Waals surface area contributed by atoms with E-state index in [0.717, 1.165) is 29.0 Å². The molecular formula is C29H39N3O3. The molecule has 0 spiro atoms. The second kappa shape index (κ2) is 11.6. The Balaban J connectivity index is 1.67. The van der Waals surface area contributed by atoms with Crippen LogP contribution in [0.1, 0.15) is 82.4 Å². The number of ether oxygens (including phenoxy) is 1. The maximum Gasteiger partial charge on any atom is 0.303 e. The van der Waals surface area contributed by atoms with Crippen LogP contribution in [-0.2, 0) is 9.53 Å². The molecule has 2 unspecified atom stereocenters. The SMILES string of the molecule is CC(C)CN(c1ccc(C(C)CC(=O)O)cc1NC1=NC(c2ccccc2)CO1)C1CCCCC1. The average Bonchev–Trinajstić information content (AvgIpc) is 3.32. The van der Waals surface area contributed by atoms with Gasteiger partial charge in [-0.1, -0.05) is 76.4 Å². The van der Waals surface area contributed by atoms with Crippen LogP contribution in [0.4, 0.5) is 11.4 Å². The van der Waals surface area contributed by atoms with E-state index in [1.807, 2.05) is 25.1 Å². The minimum Gasteiger partial charge on any atom is -0.481 e. The van der Waals surface area contributed by atoms with E-state index in [1.165, 1.54) is 32.1 Å². The van der Waals surface area contributed by atoms with Gasteiger partial charge in [0.15, 0.2) is 0 Å². The van der Waals surface area contributed by atoms with Gasteiger partial charge in [0.2, 0.25) is 0 Å². The van der Waals surface area contributed by atoms with Crippen molar-refractivity contribution in [1.29, 1.82) is 0 Å². The van der Waals surface area contributed by atoms with Crippen LogP contribution in [0.3, 0.4) is 0 Å². The fourth-order valence-electron chi connectivity index (χ4n) is 5.22. The summed E-state index contributed by atoms with van der Waals surface area (Å²) < 4.78 is 5.98. The molecule has 1 aliphatic heterocycles. The Kier molecular flexibility index (Phi) is 8.32. The van der Waals surface area contributed by atoms with Crippen LogP contribution >= 0.6 is 0 Å². The van der Waals surface area contributed by atoms with Crippen molar-refractivity contribution in [1.82, 2.24) is 0 Å². The van der Waals surface area contributed by atoms with Gasteiger partial charge in [-0.15, -0.1) is 0 Å². The van der Waals surface area contributed by atoms with E-state index in [2.05, 4.69) is 54.4 Å². The van der Waals surface area contributed by atoms with Crippen molar-refractivity contribution >= 4 is 23.4 Å². The van der Waals surface area contributed by atoms with Gasteiger partial charge in [-0.2, -0.15) is 0 Å². The fourth-order valence-corrected chi connectivity index (χ4v) is 5.22. The van der Waals surface area contributed by atoms with Gasteiger partial charge in [-0.3, -0.25) is 4.79 Å². The van der Waals surface area contributed by atoms with Crippen molar-refractivity contribution in [3.05, 3.63) is 59.7 Å². The second-order valence-corrected chi connectivity index (χ2v) is 10.4. The van der Waals surface area contributed by atoms with Crippen LogP contribution in [0.25, 0.3) is 0 Å². The lowest BCUT2D eigenvalue weighted by Gasteiger charge is -2.38. The van der Waals surface area contributed by atoms with Crippen molar-refractivity contribution < 1.29 is 14.6 Å². The molecule has 6 nitrogen and oxygen atoms in total. The molecule has 1 fully saturated rings. The molecule has 4 rings (SSSR count). The predicted molar refractivity (Wildman–Crippen MR) is 142 cm³/mol. The van der Waals surface area contributed by atoms with Gasteiger partial charge in [0.25, 0.3) is 6.02 Å². The molecule has 0 aromatic heterocycles. The average molecular weight is 478 g/mol. The second-order valence-electron chi connectivity index (χ2n) is 10.4. The molecule has 0 saturated heterocycles. The van der Waals surface area contributed by atoms with E-state index in [1.54, 1.807) is 0 Å². The van der Waals surface area contributed by atoms with Crippen LogP contribution in [0.15, 0.2) is 53.5 Å². The third-order valence-electron chi connectivity index (χ3n) is 7.03.